The highest BCUT2D eigenvalue weighted by molar-refractivity contribution is 5.98. The van der Waals surface area contributed by atoms with Crippen LogP contribution in [0.3, 0.4) is 0 Å². The van der Waals surface area contributed by atoms with E-state index in [-0.39, 0.29) is 18.0 Å². The highest BCUT2D eigenvalue weighted by atomic mass is 16.1. The molecule has 0 spiro atoms. The molecular formula is C17H32O2. The largest absolute Gasteiger partial charge is 0.299 e. The van der Waals surface area contributed by atoms with Gasteiger partial charge >= 0.3 is 0 Å². The molecule has 2 heteroatoms. The predicted molar refractivity (Wildman–Crippen MR) is 81.4 cm³/mol. The van der Waals surface area contributed by atoms with Gasteiger partial charge in [0.25, 0.3) is 0 Å². The van der Waals surface area contributed by atoms with E-state index >= 15 is 0 Å². The maximum Gasteiger partial charge on any atom is 0.140 e. The summed E-state index contributed by atoms with van der Waals surface area (Å²) in [5, 5.41) is 0. The van der Waals surface area contributed by atoms with Crippen LogP contribution in [-0.4, -0.2) is 11.6 Å². The second-order valence-corrected chi connectivity index (χ2v) is 5.58. The van der Waals surface area contributed by atoms with Gasteiger partial charge in [0, 0.05) is 12.8 Å². The Morgan fingerprint density at radius 3 is 1.58 bits per heavy atom. The second kappa shape index (κ2) is 13.8. The topological polar surface area (TPSA) is 34.1 Å². The Morgan fingerprint density at radius 2 is 1.05 bits per heavy atom. The van der Waals surface area contributed by atoms with E-state index < -0.39 is 0 Å². The average Bonchev–Trinajstić information content (AvgIpc) is 2.37. The Labute approximate surface area is 119 Å². The Bertz CT molecular complexity index is 233. The van der Waals surface area contributed by atoms with Crippen molar-refractivity contribution in [2.24, 2.45) is 0 Å². The fraction of sp³-hybridized carbons (Fsp3) is 0.882. The van der Waals surface area contributed by atoms with Crippen LogP contribution in [0.1, 0.15) is 97.3 Å². The van der Waals surface area contributed by atoms with Crippen molar-refractivity contribution in [3.63, 3.8) is 0 Å². The molecule has 0 rings (SSSR count). The smallest absolute Gasteiger partial charge is 0.140 e. The van der Waals surface area contributed by atoms with Gasteiger partial charge in [-0.15, -0.1) is 0 Å². The van der Waals surface area contributed by atoms with E-state index in [1.807, 2.05) is 6.92 Å². The molecule has 19 heavy (non-hydrogen) atoms. The van der Waals surface area contributed by atoms with Crippen LogP contribution in [0.2, 0.25) is 0 Å². The van der Waals surface area contributed by atoms with Gasteiger partial charge in [-0.2, -0.15) is 0 Å². The van der Waals surface area contributed by atoms with Gasteiger partial charge in [0.1, 0.15) is 11.6 Å². The van der Waals surface area contributed by atoms with Crippen LogP contribution in [0.25, 0.3) is 0 Å². The number of unbranched alkanes of at least 4 members (excludes halogenated alkanes) is 8. The fourth-order valence-corrected chi connectivity index (χ4v) is 2.31. The van der Waals surface area contributed by atoms with Crippen LogP contribution in [0.4, 0.5) is 0 Å². The number of hydrogen-bond donors (Lipinski definition) is 0. The fourth-order valence-electron chi connectivity index (χ4n) is 2.31. The minimum Gasteiger partial charge on any atom is -0.299 e. The number of carbonyl (C=O) groups excluding carboxylic acids is 2. The maximum atomic E-state index is 11.5. The molecule has 0 aliphatic carbocycles. The van der Waals surface area contributed by atoms with Crippen molar-refractivity contribution in [3.8, 4) is 0 Å². The third kappa shape index (κ3) is 13.6. The van der Waals surface area contributed by atoms with Crippen LogP contribution in [-0.2, 0) is 9.59 Å². The number of rotatable bonds is 14. The zero-order valence-corrected chi connectivity index (χ0v) is 13.0. The molecule has 0 aromatic heterocycles. The summed E-state index contributed by atoms with van der Waals surface area (Å²) in [4.78, 5) is 22.8. The summed E-state index contributed by atoms with van der Waals surface area (Å²) in [6, 6.07) is 0. The van der Waals surface area contributed by atoms with E-state index in [2.05, 4.69) is 6.92 Å². The molecule has 0 atom stereocenters. The minimum atomic E-state index is 0.114. The van der Waals surface area contributed by atoms with Crippen LogP contribution in [0.15, 0.2) is 0 Å². The van der Waals surface area contributed by atoms with Gasteiger partial charge in [-0.05, 0) is 12.8 Å². The summed E-state index contributed by atoms with van der Waals surface area (Å²) in [6.07, 6.45) is 13.6. The van der Waals surface area contributed by atoms with E-state index in [1.165, 1.54) is 44.9 Å². The van der Waals surface area contributed by atoms with Gasteiger partial charge in [-0.1, -0.05) is 65.2 Å². The van der Waals surface area contributed by atoms with Gasteiger partial charge in [-0.25, -0.2) is 0 Å². The molecule has 0 aliphatic heterocycles. The number of Topliss-reactive ketones (excluding diaryl/α,β-unsaturated/α-hetero) is 2. The number of hydrogen-bond acceptors (Lipinski definition) is 2. The maximum absolute atomic E-state index is 11.5. The summed E-state index contributed by atoms with van der Waals surface area (Å²) in [7, 11) is 0. The van der Waals surface area contributed by atoms with Gasteiger partial charge in [-0.3, -0.25) is 9.59 Å². The average molecular weight is 268 g/mol. The van der Waals surface area contributed by atoms with E-state index in [9.17, 15) is 9.59 Å². The van der Waals surface area contributed by atoms with Crippen LogP contribution in [0, 0.1) is 0 Å². The highest BCUT2D eigenvalue weighted by Gasteiger charge is 2.07. The standard InChI is InChI=1S/C17H32O2/c1-3-5-6-7-8-9-10-11-12-14-17(19)15-16(18)13-4-2/h3-15H2,1-2H3. The molecule has 0 unspecified atom stereocenters. The molecule has 0 amide bonds. The molecule has 0 aromatic carbocycles. The third-order valence-electron chi connectivity index (χ3n) is 3.48. The minimum absolute atomic E-state index is 0.114. The van der Waals surface area contributed by atoms with Crippen molar-refractivity contribution in [2.75, 3.05) is 0 Å². The van der Waals surface area contributed by atoms with E-state index in [0.717, 1.165) is 19.3 Å². The summed E-state index contributed by atoms with van der Waals surface area (Å²) in [6.45, 7) is 4.21. The molecule has 0 aliphatic rings. The van der Waals surface area contributed by atoms with E-state index in [1.54, 1.807) is 0 Å². The molecule has 0 saturated heterocycles. The SMILES string of the molecule is CCCCCCCCCCCC(=O)CC(=O)CCC. The van der Waals surface area contributed by atoms with Crippen LogP contribution in [0.5, 0.6) is 0 Å². The Hall–Kier alpha value is -0.660. The third-order valence-corrected chi connectivity index (χ3v) is 3.48. The van der Waals surface area contributed by atoms with Crippen molar-refractivity contribution in [2.45, 2.75) is 97.3 Å². The van der Waals surface area contributed by atoms with Crippen molar-refractivity contribution >= 4 is 11.6 Å². The number of ketones is 2. The van der Waals surface area contributed by atoms with E-state index in [0.29, 0.717) is 12.8 Å². The molecule has 0 bridgehead atoms. The normalized spacial score (nSPS) is 10.6. The monoisotopic (exact) mass is 268 g/mol. The summed E-state index contributed by atoms with van der Waals surface area (Å²) < 4.78 is 0. The van der Waals surface area contributed by atoms with Crippen molar-refractivity contribution in [1.29, 1.82) is 0 Å². The Balaban J connectivity index is 3.25. The first-order valence-corrected chi connectivity index (χ1v) is 8.24. The first-order chi connectivity index (χ1) is 9.20. The molecular weight excluding hydrogens is 236 g/mol. The quantitative estimate of drug-likeness (QED) is 0.319. The van der Waals surface area contributed by atoms with Crippen molar-refractivity contribution in [3.05, 3.63) is 0 Å². The molecule has 0 N–H and O–H groups in total. The lowest BCUT2D eigenvalue weighted by Gasteiger charge is -2.02. The lowest BCUT2D eigenvalue weighted by atomic mass is 10.0. The molecule has 0 heterocycles. The van der Waals surface area contributed by atoms with E-state index in [4.69, 9.17) is 0 Å². The first kappa shape index (κ1) is 18.3. The van der Waals surface area contributed by atoms with Crippen molar-refractivity contribution in [1.82, 2.24) is 0 Å². The zero-order valence-electron chi connectivity index (χ0n) is 13.0. The molecule has 0 saturated carbocycles. The molecule has 0 radical (unpaired) electrons. The molecule has 2 nitrogen and oxygen atoms in total. The highest BCUT2D eigenvalue weighted by Crippen LogP contribution is 2.11. The second-order valence-electron chi connectivity index (χ2n) is 5.58. The lowest BCUT2D eigenvalue weighted by molar-refractivity contribution is -0.127. The number of carbonyl (C=O) groups is 2. The Morgan fingerprint density at radius 1 is 0.579 bits per heavy atom. The first-order valence-electron chi connectivity index (χ1n) is 8.24. The molecule has 0 aromatic rings. The van der Waals surface area contributed by atoms with Crippen molar-refractivity contribution < 1.29 is 9.59 Å². The summed E-state index contributed by atoms with van der Waals surface area (Å²) in [5.41, 5.74) is 0. The molecule has 112 valence electrons. The lowest BCUT2D eigenvalue weighted by Crippen LogP contribution is -2.07. The van der Waals surface area contributed by atoms with Crippen LogP contribution < -0.4 is 0 Å². The summed E-state index contributed by atoms with van der Waals surface area (Å²) in [5.74, 6) is 0.254. The predicted octanol–water partition coefficient (Wildman–Crippen LogP) is 5.24. The van der Waals surface area contributed by atoms with Gasteiger partial charge in [0.15, 0.2) is 0 Å². The molecule has 0 fully saturated rings. The van der Waals surface area contributed by atoms with Crippen LogP contribution >= 0.6 is 0 Å². The summed E-state index contributed by atoms with van der Waals surface area (Å²) >= 11 is 0. The van der Waals surface area contributed by atoms with Gasteiger partial charge < -0.3 is 0 Å². The Kier molecular flexibility index (Phi) is 13.3. The zero-order chi connectivity index (χ0) is 14.3. The van der Waals surface area contributed by atoms with Gasteiger partial charge in [0.05, 0.1) is 6.42 Å². The van der Waals surface area contributed by atoms with Gasteiger partial charge in [0.2, 0.25) is 0 Å².